The second-order valence-electron chi connectivity index (χ2n) is 6.82. The standard InChI is InChI=1S/C17H31NO/c1-6-8-11-17(7-2,14-18-16(3,4)5)13-15-10-9-12-19-15/h9-10,12,18H,6-8,11,13-14H2,1-5H3. The fraction of sp³-hybridized carbons (Fsp3) is 0.765. The molecule has 2 nitrogen and oxygen atoms in total. The molecule has 0 aliphatic rings. The molecule has 0 saturated heterocycles. The van der Waals surface area contributed by atoms with Crippen molar-refractivity contribution in [1.29, 1.82) is 0 Å². The molecule has 110 valence electrons. The fourth-order valence-electron chi connectivity index (χ4n) is 2.45. The van der Waals surface area contributed by atoms with Gasteiger partial charge in [-0.1, -0.05) is 26.7 Å². The summed E-state index contributed by atoms with van der Waals surface area (Å²) in [6.07, 6.45) is 7.84. The largest absolute Gasteiger partial charge is 0.469 e. The lowest BCUT2D eigenvalue weighted by Crippen LogP contribution is -2.44. The zero-order valence-electron chi connectivity index (χ0n) is 13.4. The summed E-state index contributed by atoms with van der Waals surface area (Å²) in [7, 11) is 0. The monoisotopic (exact) mass is 265 g/mol. The van der Waals surface area contributed by atoms with Crippen molar-refractivity contribution in [3.63, 3.8) is 0 Å². The Balaban J connectivity index is 2.74. The van der Waals surface area contributed by atoms with E-state index in [0.29, 0.717) is 5.41 Å². The van der Waals surface area contributed by atoms with Crippen LogP contribution in [-0.2, 0) is 6.42 Å². The van der Waals surface area contributed by atoms with Crippen molar-refractivity contribution in [2.45, 2.75) is 72.3 Å². The van der Waals surface area contributed by atoms with Gasteiger partial charge in [0.25, 0.3) is 0 Å². The molecule has 1 N–H and O–H groups in total. The van der Waals surface area contributed by atoms with E-state index in [4.69, 9.17) is 4.42 Å². The van der Waals surface area contributed by atoms with Gasteiger partial charge in [-0.3, -0.25) is 0 Å². The van der Waals surface area contributed by atoms with Gasteiger partial charge in [-0.25, -0.2) is 0 Å². The van der Waals surface area contributed by atoms with Gasteiger partial charge in [0.2, 0.25) is 0 Å². The summed E-state index contributed by atoms with van der Waals surface area (Å²) < 4.78 is 5.57. The molecule has 0 aromatic carbocycles. The van der Waals surface area contributed by atoms with E-state index in [0.717, 1.165) is 18.7 Å². The summed E-state index contributed by atoms with van der Waals surface area (Å²) in [5.74, 6) is 1.12. The average molecular weight is 265 g/mol. The van der Waals surface area contributed by atoms with Crippen molar-refractivity contribution in [3.05, 3.63) is 24.2 Å². The van der Waals surface area contributed by atoms with Gasteiger partial charge >= 0.3 is 0 Å². The molecule has 1 aromatic heterocycles. The van der Waals surface area contributed by atoms with Crippen molar-refractivity contribution in [2.75, 3.05) is 6.54 Å². The maximum Gasteiger partial charge on any atom is 0.104 e. The summed E-state index contributed by atoms with van der Waals surface area (Å²) in [5.41, 5.74) is 0.497. The molecule has 1 rings (SSSR count). The van der Waals surface area contributed by atoms with E-state index in [2.05, 4.69) is 46.0 Å². The first-order chi connectivity index (χ1) is 8.91. The molecule has 2 heteroatoms. The Hall–Kier alpha value is -0.760. The van der Waals surface area contributed by atoms with E-state index >= 15 is 0 Å². The smallest absolute Gasteiger partial charge is 0.104 e. The molecule has 1 aromatic rings. The van der Waals surface area contributed by atoms with Gasteiger partial charge < -0.3 is 9.73 Å². The van der Waals surface area contributed by atoms with Crippen LogP contribution in [0.25, 0.3) is 0 Å². The normalized spacial score (nSPS) is 15.4. The molecule has 1 unspecified atom stereocenters. The number of unbranched alkanes of at least 4 members (excludes halogenated alkanes) is 1. The first-order valence-electron chi connectivity index (χ1n) is 7.68. The van der Waals surface area contributed by atoms with Crippen LogP contribution in [0.1, 0.15) is 66.1 Å². The predicted molar refractivity (Wildman–Crippen MR) is 82.4 cm³/mol. The Bertz CT molecular complexity index is 337. The summed E-state index contributed by atoms with van der Waals surface area (Å²) in [6.45, 7) is 12.3. The zero-order valence-corrected chi connectivity index (χ0v) is 13.4. The number of rotatable bonds is 8. The Morgan fingerprint density at radius 2 is 1.95 bits per heavy atom. The van der Waals surface area contributed by atoms with Crippen molar-refractivity contribution < 1.29 is 4.42 Å². The van der Waals surface area contributed by atoms with Crippen molar-refractivity contribution in [3.8, 4) is 0 Å². The first kappa shape index (κ1) is 16.3. The minimum atomic E-state index is 0.176. The van der Waals surface area contributed by atoms with Crippen molar-refractivity contribution in [1.82, 2.24) is 5.32 Å². The Morgan fingerprint density at radius 1 is 1.21 bits per heavy atom. The van der Waals surface area contributed by atoms with Gasteiger partial charge in [0, 0.05) is 18.5 Å². The molecule has 0 bridgehead atoms. The van der Waals surface area contributed by atoms with Crippen LogP contribution in [0.3, 0.4) is 0 Å². The Kier molecular flexibility index (Phi) is 6.12. The van der Waals surface area contributed by atoms with Crippen LogP contribution >= 0.6 is 0 Å². The molecule has 1 heterocycles. The minimum Gasteiger partial charge on any atom is -0.469 e. The fourth-order valence-corrected chi connectivity index (χ4v) is 2.45. The Morgan fingerprint density at radius 3 is 2.42 bits per heavy atom. The van der Waals surface area contributed by atoms with Crippen LogP contribution in [0.4, 0.5) is 0 Å². The highest BCUT2D eigenvalue weighted by molar-refractivity contribution is 5.03. The third kappa shape index (κ3) is 5.82. The lowest BCUT2D eigenvalue weighted by molar-refractivity contribution is 0.195. The third-order valence-electron chi connectivity index (χ3n) is 3.93. The summed E-state index contributed by atoms with van der Waals surface area (Å²) in [5, 5.41) is 3.69. The maximum absolute atomic E-state index is 5.57. The van der Waals surface area contributed by atoms with Gasteiger partial charge in [0.15, 0.2) is 0 Å². The van der Waals surface area contributed by atoms with Gasteiger partial charge in [-0.15, -0.1) is 0 Å². The van der Waals surface area contributed by atoms with E-state index in [-0.39, 0.29) is 5.54 Å². The average Bonchev–Trinajstić information content (AvgIpc) is 2.84. The molecular weight excluding hydrogens is 234 g/mol. The number of hydrogen-bond donors (Lipinski definition) is 1. The van der Waals surface area contributed by atoms with E-state index < -0.39 is 0 Å². The summed E-state index contributed by atoms with van der Waals surface area (Å²) in [6, 6.07) is 4.10. The second kappa shape index (κ2) is 7.14. The Labute approximate surface area is 119 Å². The van der Waals surface area contributed by atoms with Gasteiger partial charge in [-0.2, -0.15) is 0 Å². The van der Waals surface area contributed by atoms with Crippen molar-refractivity contribution >= 4 is 0 Å². The van der Waals surface area contributed by atoms with E-state index in [9.17, 15) is 0 Å². The van der Waals surface area contributed by atoms with E-state index in [1.54, 1.807) is 6.26 Å². The molecule has 0 spiro atoms. The van der Waals surface area contributed by atoms with Crippen LogP contribution < -0.4 is 5.32 Å². The van der Waals surface area contributed by atoms with Crippen LogP contribution in [-0.4, -0.2) is 12.1 Å². The number of hydrogen-bond acceptors (Lipinski definition) is 2. The molecule has 0 fully saturated rings. The van der Waals surface area contributed by atoms with Crippen LogP contribution in [0.2, 0.25) is 0 Å². The van der Waals surface area contributed by atoms with Crippen molar-refractivity contribution in [2.24, 2.45) is 5.41 Å². The minimum absolute atomic E-state index is 0.176. The highest BCUT2D eigenvalue weighted by Crippen LogP contribution is 2.33. The number of furan rings is 1. The molecule has 0 amide bonds. The zero-order chi connectivity index (χ0) is 14.4. The molecule has 1 atom stereocenters. The lowest BCUT2D eigenvalue weighted by atomic mass is 9.76. The summed E-state index contributed by atoms with van der Waals surface area (Å²) in [4.78, 5) is 0. The van der Waals surface area contributed by atoms with Gasteiger partial charge in [0.1, 0.15) is 5.76 Å². The second-order valence-corrected chi connectivity index (χ2v) is 6.82. The SMILES string of the molecule is CCCCC(CC)(CNC(C)(C)C)Cc1ccco1. The number of nitrogens with one attached hydrogen (secondary N) is 1. The van der Waals surface area contributed by atoms with Gasteiger partial charge in [-0.05, 0) is 51.2 Å². The third-order valence-corrected chi connectivity index (χ3v) is 3.93. The van der Waals surface area contributed by atoms with Gasteiger partial charge in [0.05, 0.1) is 6.26 Å². The van der Waals surface area contributed by atoms with E-state index in [1.807, 2.05) is 6.07 Å². The quantitative estimate of drug-likeness (QED) is 0.730. The molecule has 19 heavy (non-hydrogen) atoms. The molecule has 0 aliphatic carbocycles. The molecule has 0 aliphatic heterocycles. The molecular formula is C17H31NO. The molecule has 0 saturated carbocycles. The first-order valence-corrected chi connectivity index (χ1v) is 7.68. The summed E-state index contributed by atoms with van der Waals surface area (Å²) >= 11 is 0. The highest BCUT2D eigenvalue weighted by atomic mass is 16.3. The molecule has 0 radical (unpaired) electrons. The van der Waals surface area contributed by atoms with E-state index in [1.165, 1.54) is 25.7 Å². The lowest BCUT2D eigenvalue weighted by Gasteiger charge is -2.36. The highest BCUT2D eigenvalue weighted by Gasteiger charge is 2.30. The van der Waals surface area contributed by atoms with Crippen LogP contribution in [0.15, 0.2) is 22.8 Å². The maximum atomic E-state index is 5.57. The topological polar surface area (TPSA) is 25.2 Å². The van der Waals surface area contributed by atoms with Crippen LogP contribution in [0, 0.1) is 5.41 Å². The predicted octanol–water partition coefficient (Wildman–Crippen LogP) is 4.80. The van der Waals surface area contributed by atoms with Crippen LogP contribution in [0.5, 0.6) is 0 Å².